The fourth-order valence-electron chi connectivity index (χ4n) is 12.1. The Hall–Kier alpha value is -1.92. The van der Waals surface area contributed by atoms with Crippen LogP contribution in [0.15, 0.2) is 36.5 Å². The second-order valence-corrected chi connectivity index (χ2v) is 26.3. The number of rotatable bonds is 72. The maximum atomic E-state index is 12.4. The average Bonchev–Trinajstić information content (AvgIpc) is 3.52. The highest BCUT2D eigenvalue weighted by Gasteiger charge is 2.18. The lowest BCUT2D eigenvalue weighted by Crippen LogP contribution is -2.45. The van der Waals surface area contributed by atoms with Crippen molar-refractivity contribution in [2.45, 2.75) is 437 Å². The summed E-state index contributed by atoms with van der Waals surface area (Å²) in [6, 6.07) is -0.623. The first kappa shape index (κ1) is 82.1. The van der Waals surface area contributed by atoms with Gasteiger partial charge in [0.05, 0.1) is 25.4 Å². The van der Waals surface area contributed by atoms with Gasteiger partial charge in [0.15, 0.2) is 0 Å². The number of esters is 1. The SMILES string of the molecule is CCCCCCCCC/C=C/C(O)C(CO)NC(=O)CCCCCCCCCCCCCCCCCCC/C=C\C/C=C\CCCCCCCCCCCCCCCCCOC(=O)CCCCCCCCCCCCCCCCCCCCC. The quantitative estimate of drug-likeness (QED) is 0.0320. The maximum Gasteiger partial charge on any atom is 0.305 e. The molecule has 0 saturated heterocycles. The van der Waals surface area contributed by atoms with Crippen LogP contribution in [0.5, 0.6) is 0 Å². The molecule has 0 rings (SSSR count). The van der Waals surface area contributed by atoms with Crippen molar-refractivity contribution >= 4 is 11.9 Å². The summed E-state index contributed by atoms with van der Waals surface area (Å²) in [5.41, 5.74) is 0. The lowest BCUT2D eigenvalue weighted by molar-refractivity contribution is -0.143. The van der Waals surface area contributed by atoms with Gasteiger partial charge in [-0.15, -0.1) is 0 Å². The molecule has 0 fully saturated rings. The van der Waals surface area contributed by atoms with Crippen LogP contribution in [0.25, 0.3) is 0 Å². The normalized spacial score (nSPS) is 12.7. The molecule has 0 radical (unpaired) electrons. The lowest BCUT2D eigenvalue weighted by Gasteiger charge is -2.20. The van der Waals surface area contributed by atoms with Crippen molar-refractivity contribution in [1.82, 2.24) is 5.32 Å². The van der Waals surface area contributed by atoms with Gasteiger partial charge in [-0.25, -0.2) is 0 Å². The number of amides is 1. The largest absolute Gasteiger partial charge is 0.466 e. The smallest absolute Gasteiger partial charge is 0.305 e. The topological polar surface area (TPSA) is 95.9 Å². The van der Waals surface area contributed by atoms with Crippen LogP contribution in [-0.2, 0) is 14.3 Å². The van der Waals surface area contributed by atoms with E-state index in [1.165, 1.54) is 353 Å². The Morgan fingerprint density at radius 2 is 0.595 bits per heavy atom. The summed E-state index contributed by atoms with van der Waals surface area (Å²) in [6.07, 6.45) is 95.7. The number of nitrogens with one attached hydrogen (secondary N) is 1. The molecule has 3 N–H and O–H groups in total. The minimum atomic E-state index is -0.840. The first-order valence-corrected chi connectivity index (χ1v) is 38.3. The zero-order valence-corrected chi connectivity index (χ0v) is 56.9. The molecule has 0 aromatic carbocycles. The Labute approximate surface area is 525 Å². The van der Waals surface area contributed by atoms with Gasteiger partial charge < -0.3 is 20.3 Å². The van der Waals surface area contributed by atoms with E-state index in [-0.39, 0.29) is 18.5 Å². The van der Waals surface area contributed by atoms with Crippen LogP contribution in [0.1, 0.15) is 425 Å². The monoisotopic (exact) mass is 1180 g/mol. The molecule has 6 heteroatoms. The van der Waals surface area contributed by atoms with Crippen molar-refractivity contribution in [3.8, 4) is 0 Å². The fraction of sp³-hybridized carbons (Fsp3) is 0.897. The predicted octanol–water partition coefficient (Wildman–Crippen LogP) is 25.0. The van der Waals surface area contributed by atoms with Crippen molar-refractivity contribution in [2.75, 3.05) is 13.2 Å². The molecule has 0 heterocycles. The number of allylic oxidation sites excluding steroid dienone is 5. The van der Waals surface area contributed by atoms with Crippen molar-refractivity contribution in [3.63, 3.8) is 0 Å². The van der Waals surface area contributed by atoms with Gasteiger partial charge in [-0.2, -0.15) is 0 Å². The van der Waals surface area contributed by atoms with E-state index in [0.717, 1.165) is 44.9 Å². The van der Waals surface area contributed by atoms with E-state index >= 15 is 0 Å². The highest BCUT2D eigenvalue weighted by atomic mass is 16.5. The van der Waals surface area contributed by atoms with Crippen LogP contribution in [0.3, 0.4) is 0 Å². The summed E-state index contributed by atoms with van der Waals surface area (Å²) in [5.74, 6) is -0.0407. The summed E-state index contributed by atoms with van der Waals surface area (Å²) < 4.78 is 5.52. The summed E-state index contributed by atoms with van der Waals surface area (Å²) in [7, 11) is 0. The Morgan fingerprint density at radius 1 is 0.333 bits per heavy atom. The predicted molar refractivity (Wildman–Crippen MR) is 370 cm³/mol. The van der Waals surface area contributed by atoms with Crippen molar-refractivity contribution in [3.05, 3.63) is 36.5 Å². The van der Waals surface area contributed by atoms with Gasteiger partial charge in [-0.1, -0.05) is 384 Å². The van der Waals surface area contributed by atoms with Crippen LogP contribution < -0.4 is 5.32 Å². The van der Waals surface area contributed by atoms with Gasteiger partial charge in [-0.05, 0) is 64.2 Å². The number of hydrogen-bond acceptors (Lipinski definition) is 5. The number of ether oxygens (including phenoxy) is 1. The van der Waals surface area contributed by atoms with E-state index in [9.17, 15) is 19.8 Å². The number of hydrogen-bond donors (Lipinski definition) is 3. The highest BCUT2D eigenvalue weighted by molar-refractivity contribution is 5.76. The molecule has 2 atom stereocenters. The Bertz CT molecular complexity index is 1360. The van der Waals surface area contributed by atoms with Gasteiger partial charge in [0, 0.05) is 12.8 Å². The standard InChI is InChI=1S/C78H149NO5/c1-3-5-7-9-11-13-14-15-16-17-39-43-46-49-52-56-60-64-68-72-78(83)84-73-69-65-61-57-53-50-47-44-41-38-36-34-32-30-28-26-24-22-20-18-19-21-23-25-27-29-31-33-35-37-40-42-45-48-51-55-59-63-67-71-77(82)79-75(74-80)76(81)70-66-62-58-54-12-10-8-6-4-2/h18-19,22,24,66,70,75-76,80-81H,3-17,20-21,23,25-65,67-69,71-74H2,1-2H3,(H,79,82)/b19-18-,24-22-,70-66+. The average molecular weight is 1180 g/mol. The molecule has 0 aliphatic heterocycles. The number of unbranched alkanes of at least 4 members (excludes halogenated alkanes) is 57. The zero-order valence-electron chi connectivity index (χ0n) is 56.9. The molecule has 0 aliphatic rings. The van der Waals surface area contributed by atoms with Gasteiger partial charge >= 0.3 is 5.97 Å². The minimum absolute atomic E-state index is 0.0255. The van der Waals surface area contributed by atoms with Gasteiger partial charge in [0.25, 0.3) is 0 Å². The maximum absolute atomic E-state index is 12.4. The second-order valence-electron chi connectivity index (χ2n) is 26.3. The van der Waals surface area contributed by atoms with Gasteiger partial charge in [0.2, 0.25) is 5.91 Å². The first-order chi connectivity index (χ1) is 41.5. The molecule has 1 amide bonds. The Balaban J connectivity index is 3.31. The summed E-state index contributed by atoms with van der Waals surface area (Å²) in [5, 5.41) is 23.0. The first-order valence-electron chi connectivity index (χ1n) is 38.3. The number of aliphatic hydroxyl groups excluding tert-OH is 2. The van der Waals surface area contributed by atoms with Crippen molar-refractivity contribution in [2.24, 2.45) is 0 Å². The molecular weight excluding hydrogens is 1030 g/mol. The highest BCUT2D eigenvalue weighted by Crippen LogP contribution is 2.19. The summed E-state index contributed by atoms with van der Waals surface area (Å²) in [6.45, 7) is 4.92. The number of carbonyl (C=O) groups excluding carboxylic acids is 2. The van der Waals surface area contributed by atoms with Crippen LogP contribution in [0.2, 0.25) is 0 Å². The third kappa shape index (κ3) is 69.2. The molecule has 84 heavy (non-hydrogen) atoms. The van der Waals surface area contributed by atoms with Crippen LogP contribution in [-0.4, -0.2) is 47.4 Å². The van der Waals surface area contributed by atoms with E-state index in [0.29, 0.717) is 19.4 Å². The molecule has 0 spiro atoms. The Kier molecular flexibility index (Phi) is 71.9. The lowest BCUT2D eigenvalue weighted by atomic mass is 10.0. The summed E-state index contributed by atoms with van der Waals surface area (Å²) in [4.78, 5) is 24.5. The van der Waals surface area contributed by atoms with Crippen LogP contribution in [0, 0.1) is 0 Å². The summed E-state index contributed by atoms with van der Waals surface area (Å²) >= 11 is 0. The molecule has 496 valence electrons. The van der Waals surface area contributed by atoms with E-state index in [1.807, 2.05) is 6.08 Å². The second kappa shape index (κ2) is 73.5. The van der Waals surface area contributed by atoms with Crippen LogP contribution in [0.4, 0.5) is 0 Å². The van der Waals surface area contributed by atoms with Gasteiger partial charge in [-0.3, -0.25) is 9.59 Å². The van der Waals surface area contributed by atoms with Crippen LogP contribution >= 0.6 is 0 Å². The zero-order chi connectivity index (χ0) is 60.6. The van der Waals surface area contributed by atoms with Crippen molar-refractivity contribution < 1.29 is 24.5 Å². The van der Waals surface area contributed by atoms with E-state index in [4.69, 9.17) is 4.74 Å². The Morgan fingerprint density at radius 3 is 0.905 bits per heavy atom. The fourth-order valence-corrected chi connectivity index (χ4v) is 12.1. The molecule has 6 nitrogen and oxygen atoms in total. The third-order valence-corrected chi connectivity index (χ3v) is 17.9. The van der Waals surface area contributed by atoms with E-state index < -0.39 is 12.1 Å². The molecular formula is C78H149NO5. The van der Waals surface area contributed by atoms with E-state index in [1.54, 1.807) is 6.08 Å². The number of carbonyl (C=O) groups is 2. The molecule has 0 aromatic rings. The molecule has 0 aliphatic carbocycles. The third-order valence-electron chi connectivity index (χ3n) is 17.9. The van der Waals surface area contributed by atoms with E-state index in [2.05, 4.69) is 43.5 Å². The molecule has 2 unspecified atom stereocenters. The van der Waals surface area contributed by atoms with Crippen molar-refractivity contribution in [1.29, 1.82) is 0 Å². The minimum Gasteiger partial charge on any atom is -0.466 e. The number of aliphatic hydroxyl groups is 2. The van der Waals surface area contributed by atoms with Gasteiger partial charge in [0.1, 0.15) is 0 Å². The molecule has 0 bridgehead atoms. The molecule has 0 saturated carbocycles. The molecule has 0 aromatic heterocycles.